The Balaban J connectivity index is 1.84. The monoisotopic (exact) mass is 412 g/mol. The first kappa shape index (κ1) is 20.7. The van der Waals surface area contributed by atoms with Gasteiger partial charge >= 0.3 is 0 Å². The molecule has 2 N–H and O–H groups in total. The topological polar surface area (TPSA) is 84.0 Å². The fourth-order valence-corrected chi connectivity index (χ4v) is 3.92. The maximum atomic E-state index is 12.1. The Bertz CT molecular complexity index is 778. The number of aryl methyl sites for hydroxylation is 1. The number of anilines is 2. The molecule has 0 atom stereocenters. The van der Waals surface area contributed by atoms with Crippen molar-refractivity contribution in [2.24, 2.45) is 5.92 Å². The van der Waals surface area contributed by atoms with Crippen molar-refractivity contribution in [3.8, 4) is 0 Å². The van der Waals surface area contributed by atoms with Crippen LogP contribution < -0.4 is 10.6 Å². The molecule has 0 fully saturated rings. The lowest BCUT2D eigenvalue weighted by Gasteiger charge is -2.09. The van der Waals surface area contributed by atoms with Gasteiger partial charge in [-0.05, 0) is 37.5 Å². The van der Waals surface area contributed by atoms with E-state index in [1.165, 1.54) is 23.1 Å². The molecule has 1 aromatic heterocycles. The number of hydrogen-bond donors (Lipinski definition) is 2. The van der Waals surface area contributed by atoms with E-state index in [9.17, 15) is 9.59 Å². The number of carbonyl (C=O) groups excluding carboxylic acids is 2. The van der Waals surface area contributed by atoms with Crippen molar-refractivity contribution < 1.29 is 9.59 Å². The van der Waals surface area contributed by atoms with Gasteiger partial charge in [0.2, 0.25) is 16.9 Å². The van der Waals surface area contributed by atoms with Crippen LogP contribution in [0.3, 0.4) is 0 Å². The average molecular weight is 413 g/mol. The van der Waals surface area contributed by atoms with Crippen LogP contribution >= 0.6 is 34.7 Å². The molecule has 0 aliphatic rings. The number of benzene rings is 1. The number of nitrogens with one attached hydrogen (secondary N) is 2. The van der Waals surface area contributed by atoms with E-state index in [1.807, 2.05) is 26.8 Å². The molecule has 0 saturated heterocycles. The Hall–Kier alpha value is -1.64. The summed E-state index contributed by atoms with van der Waals surface area (Å²) in [5, 5.41) is 14.6. The lowest BCUT2D eigenvalue weighted by atomic mass is 10.0. The second-order valence-corrected chi connectivity index (χ2v) is 8.28. The van der Waals surface area contributed by atoms with Crippen molar-refractivity contribution in [1.29, 1.82) is 0 Å². The van der Waals surface area contributed by atoms with Crippen molar-refractivity contribution in [3.05, 3.63) is 28.8 Å². The summed E-state index contributed by atoms with van der Waals surface area (Å²) in [7, 11) is 0. The van der Waals surface area contributed by atoms with Gasteiger partial charge in [-0.25, -0.2) is 0 Å². The molecule has 26 heavy (non-hydrogen) atoms. The summed E-state index contributed by atoms with van der Waals surface area (Å²) in [6.45, 7) is 5.86. The molecule has 0 unspecified atom stereocenters. The van der Waals surface area contributed by atoms with Crippen molar-refractivity contribution in [3.63, 3.8) is 0 Å². The van der Waals surface area contributed by atoms with E-state index in [0.29, 0.717) is 20.2 Å². The zero-order valence-electron chi connectivity index (χ0n) is 14.8. The smallest absolute Gasteiger partial charge is 0.234 e. The molecule has 2 amide bonds. The summed E-state index contributed by atoms with van der Waals surface area (Å²) in [5.74, 6) is -0.0350. The third-order valence-electron chi connectivity index (χ3n) is 3.78. The molecule has 6 nitrogen and oxygen atoms in total. The predicted molar refractivity (Wildman–Crippen MR) is 108 cm³/mol. The number of amides is 2. The third kappa shape index (κ3) is 5.96. The number of rotatable bonds is 8. The number of carbonyl (C=O) groups is 2. The van der Waals surface area contributed by atoms with Crippen LogP contribution in [0, 0.1) is 12.8 Å². The van der Waals surface area contributed by atoms with E-state index < -0.39 is 0 Å². The van der Waals surface area contributed by atoms with E-state index in [1.54, 1.807) is 12.1 Å². The minimum Gasteiger partial charge on any atom is -0.325 e. The summed E-state index contributed by atoms with van der Waals surface area (Å²) in [5.41, 5.74) is 1.61. The molecule has 1 aromatic carbocycles. The molecule has 140 valence electrons. The van der Waals surface area contributed by atoms with Crippen LogP contribution in [-0.2, 0) is 9.59 Å². The molecule has 2 rings (SSSR count). The van der Waals surface area contributed by atoms with Gasteiger partial charge in [0, 0.05) is 16.6 Å². The largest absolute Gasteiger partial charge is 0.325 e. The highest BCUT2D eigenvalue weighted by atomic mass is 35.5. The number of nitrogens with zero attached hydrogens (tertiary/aromatic N) is 2. The lowest BCUT2D eigenvalue weighted by molar-refractivity contribution is -0.120. The van der Waals surface area contributed by atoms with Gasteiger partial charge in [-0.1, -0.05) is 54.6 Å². The second kappa shape index (κ2) is 9.89. The zero-order chi connectivity index (χ0) is 19.1. The molecule has 2 aromatic rings. The molecule has 1 heterocycles. The summed E-state index contributed by atoms with van der Waals surface area (Å²) >= 11 is 8.58. The molecule has 0 radical (unpaired) electrons. The molecule has 0 aliphatic carbocycles. The molecular weight excluding hydrogens is 392 g/mol. The van der Waals surface area contributed by atoms with Gasteiger partial charge < -0.3 is 10.6 Å². The van der Waals surface area contributed by atoms with Gasteiger partial charge in [0.05, 0.1) is 5.75 Å². The van der Waals surface area contributed by atoms with Crippen LogP contribution in [0.1, 0.15) is 32.3 Å². The standard InChI is InChI=1S/C17H21ClN4O2S2/c1-4-11(5-2)15(24)20-16-21-22-17(26-16)25-9-14(23)19-12-7-6-10(3)13(18)8-12/h6-8,11H,4-5,9H2,1-3H3,(H,19,23)(H,20,21,24). The number of thioether (sulfide) groups is 1. The first-order valence-electron chi connectivity index (χ1n) is 8.26. The van der Waals surface area contributed by atoms with Crippen molar-refractivity contribution in [2.45, 2.75) is 38.0 Å². The Morgan fingerprint density at radius 1 is 1.23 bits per heavy atom. The van der Waals surface area contributed by atoms with E-state index in [0.717, 1.165) is 18.4 Å². The van der Waals surface area contributed by atoms with E-state index in [-0.39, 0.29) is 23.5 Å². The average Bonchev–Trinajstić information content (AvgIpc) is 3.05. The number of hydrogen-bond acceptors (Lipinski definition) is 6. The first-order valence-corrected chi connectivity index (χ1v) is 10.4. The highest BCUT2D eigenvalue weighted by Gasteiger charge is 2.16. The SMILES string of the molecule is CCC(CC)C(=O)Nc1nnc(SCC(=O)Nc2ccc(C)c(Cl)c2)s1. The van der Waals surface area contributed by atoms with Crippen molar-refractivity contribution in [2.75, 3.05) is 16.4 Å². The summed E-state index contributed by atoms with van der Waals surface area (Å²) in [6.07, 6.45) is 1.57. The van der Waals surface area contributed by atoms with Crippen LogP contribution in [-0.4, -0.2) is 27.8 Å². The third-order valence-corrected chi connectivity index (χ3v) is 6.15. The second-order valence-electron chi connectivity index (χ2n) is 5.68. The van der Waals surface area contributed by atoms with Gasteiger partial charge in [-0.3, -0.25) is 9.59 Å². The van der Waals surface area contributed by atoms with Crippen molar-refractivity contribution >= 4 is 57.3 Å². The van der Waals surface area contributed by atoms with Gasteiger partial charge in [-0.15, -0.1) is 10.2 Å². The lowest BCUT2D eigenvalue weighted by Crippen LogP contribution is -2.21. The quantitative estimate of drug-likeness (QED) is 0.488. The van der Waals surface area contributed by atoms with Crippen LogP contribution in [0.25, 0.3) is 0 Å². The predicted octanol–water partition coefficient (Wildman–Crippen LogP) is 4.61. The fraction of sp³-hybridized carbons (Fsp3) is 0.412. The van der Waals surface area contributed by atoms with Crippen LogP contribution in [0.15, 0.2) is 22.5 Å². The maximum absolute atomic E-state index is 12.1. The van der Waals surface area contributed by atoms with Crippen LogP contribution in [0.5, 0.6) is 0 Å². The fourth-order valence-electron chi connectivity index (χ4n) is 2.18. The van der Waals surface area contributed by atoms with Crippen LogP contribution in [0.4, 0.5) is 10.8 Å². The van der Waals surface area contributed by atoms with Crippen molar-refractivity contribution in [1.82, 2.24) is 10.2 Å². The highest BCUT2D eigenvalue weighted by Crippen LogP contribution is 2.26. The minimum atomic E-state index is -0.160. The first-order chi connectivity index (χ1) is 12.4. The Kier molecular flexibility index (Phi) is 7.86. The van der Waals surface area contributed by atoms with Gasteiger partial charge in [-0.2, -0.15) is 0 Å². The highest BCUT2D eigenvalue weighted by molar-refractivity contribution is 8.01. The van der Waals surface area contributed by atoms with Gasteiger partial charge in [0.15, 0.2) is 4.34 Å². The van der Waals surface area contributed by atoms with Gasteiger partial charge in [0.1, 0.15) is 0 Å². The van der Waals surface area contributed by atoms with Crippen LogP contribution in [0.2, 0.25) is 5.02 Å². The Morgan fingerprint density at radius 2 is 1.96 bits per heavy atom. The minimum absolute atomic E-state index is 0.0258. The molecule has 0 spiro atoms. The van der Waals surface area contributed by atoms with Gasteiger partial charge in [0.25, 0.3) is 0 Å². The molecular formula is C17H21ClN4O2S2. The molecule has 0 aliphatic heterocycles. The molecule has 9 heteroatoms. The summed E-state index contributed by atoms with van der Waals surface area (Å²) in [6, 6.07) is 5.38. The Morgan fingerprint density at radius 3 is 2.62 bits per heavy atom. The number of aromatic nitrogens is 2. The summed E-state index contributed by atoms with van der Waals surface area (Å²) in [4.78, 5) is 24.1. The summed E-state index contributed by atoms with van der Waals surface area (Å²) < 4.78 is 0.627. The van der Waals surface area contributed by atoms with E-state index >= 15 is 0 Å². The zero-order valence-corrected chi connectivity index (χ0v) is 17.2. The Labute approximate surface area is 166 Å². The molecule has 0 bridgehead atoms. The number of halogens is 1. The van der Waals surface area contributed by atoms with E-state index in [4.69, 9.17) is 11.6 Å². The normalized spacial score (nSPS) is 10.8. The van der Waals surface area contributed by atoms with E-state index in [2.05, 4.69) is 20.8 Å². The molecule has 0 saturated carbocycles. The maximum Gasteiger partial charge on any atom is 0.234 e.